The van der Waals surface area contributed by atoms with E-state index in [0.717, 1.165) is 73.6 Å². The number of amides is 3. The summed E-state index contributed by atoms with van der Waals surface area (Å²) in [5.41, 5.74) is 10.4. The van der Waals surface area contributed by atoms with E-state index in [1.165, 1.54) is 0 Å². The highest BCUT2D eigenvalue weighted by molar-refractivity contribution is 5.98. The number of carbonyl (C=O) groups excluding carboxylic acids is 3. The topological polar surface area (TPSA) is 180 Å². The summed E-state index contributed by atoms with van der Waals surface area (Å²) in [6.45, 7) is 0.629. The highest BCUT2D eigenvalue weighted by Crippen LogP contribution is 2.32. The number of nitrogens with two attached hydrogens (primary N) is 1. The molecule has 0 saturated heterocycles. The number of aromatic amines is 1. The molecule has 1 aromatic heterocycles. The Morgan fingerprint density at radius 2 is 1.59 bits per heavy atom. The fraction of sp³-hybridized carbons (Fsp3) is 0.450. The van der Waals surface area contributed by atoms with E-state index in [-0.39, 0.29) is 42.1 Å². The standard InChI is InChI=1S/C40H51N9O4.ClH/c1-49(2)33-19-17-32(18-20-33)42-39(51)30-14-21-34(36(23-30)53-3)27-8-4-25(5-9-27)22-35(44-38(50)29-10-6-26(24-41)7-11-29)40(52)43-31-15-12-28(13-16-31)37-45-47-48-46-37;/h4-5,8-9,12-16,21,23,26,29,32-33,35H,6-7,10-11,17-20,22,24,41H2,1-3H3,(H,42,51)(H,43,52)(H,44,50)(H,45,46,47,48);1H/t26-,29-,32?,33?,35-;/m0./s1. The first kappa shape index (κ1) is 40.3. The van der Waals surface area contributed by atoms with Gasteiger partial charge in [0, 0.05) is 46.8 Å². The zero-order valence-electron chi connectivity index (χ0n) is 31.2. The van der Waals surface area contributed by atoms with Gasteiger partial charge in [0.1, 0.15) is 11.8 Å². The first-order valence-electron chi connectivity index (χ1n) is 18.6. The molecule has 0 aliphatic heterocycles. The predicted octanol–water partition coefficient (Wildman–Crippen LogP) is 5.00. The van der Waals surface area contributed by atoms with Crippen LogP contribution in [0.5, 0.6) is 5.75 Å². The van der Waals surface area contributed by atoms with E-state index in [0.29, 0.717) is 47.8 Å². The Kier molecular flexibility index (Phi) is 14.2. The van der Waals surface area contributed by atoms with Gasteiger partial charge in [0.25, 0.3) is 5.91 Å². The zero-order valence-corrected chi connectivity index (χ0v) is 32.0. The fourth-order valence-corrected chi connectivity index (χ4v) is 7.51. The molecule has 2 aliphatic carbocycles. The average molecular weight is 758 g/mol. The van der Waals surface area contributed by atoms with Gasteiger partial charge in [-0.15, -0.1) is 22.6 Å². The van der Waals surface area contributed by atoms with Crippen LogP contribution in [0.2, 0.25) is 0 Å². The van der Waals surface area contributed by atoms with Crippen LogP contribution >= 0.6 is 12.4 Å². The van der Waals surface area contributed by atoms with Crippen molar-refractivity contribution in [2.24, 2.45) is 17.6 Å². The van der Waals surface area contributed by atoms with Gasteiger partial charge in [0.15, 0.2) is 0 Å². The van der Waals surface area contributed by atoms with Gasteiger partial charge in [-0.1, -0.05) is 24.3 Å². The number of halogens is 1. The first-order valence-corrected chi connectivity index (χ1v) is 18.6. The van der Waals surface area contributed by atoms with Crippen molar-refractivity contribution in [1.82, 2.24) is 36.2 Å². The number of benzene rings is 3. The van der Waals surface area contributed by atoms with Crippen LogP contribution < -0.4 is 26.4 Å². The maximum absolute atomic E-state index is 13.7. The molecule has 0 spiro atoms. The van der Waals surface area contributed by atoms with Crippen LogP contribution in [-0.4, -0.2) is 89.1 Å². The van der Waals surface area contributed by atoms with E-state index in [4.69, 9.17) is 10.5 Å². The summed E-state index contributed by atoms with van der Waals surface area (Å²) in [6, 6.07) is 20.4. The lowest BCUT2D eigenvalue weighted by Gasteiger charge is -2.33. The van der Waals surface area contributed by atoms with Gasteiger partial charge in [-0.2, -0.15) is 5.21 Å². The molecule has 2 aliphatic rings. The number of ether oxygens (including phenoxy) is 1. The largest absolute Gasteiger partial charge is 0.496 e. The van der Waals surface area contributed by atoms with Crippen molar-refractivity contribution in [3.05, 3.63) is 77.9 Å². The van der Waals surface area contributed by atoms with Crippen molar-refractivity contribution in [2.75, 3.05) is 33.1 Å². The molecule has 3 aromatic carbocycles. The van der Waals surface area contributed by atoms with Gasteiger partial charge in [-0.3, -0.25) is 14.4 Å². The Bertz CT molecular complexity index is 1820. The van der Waals surface area contributed by atoms with E-state index in [2.05, 4.69) is 55.6 Å². The van der Waals surface area contributed by atoms with E-state index < -0.39 is 6.04 Å². The zero-order chi connectivity index (χ0) is 37.3. The molecule has 2 saturated carbocycles. The number of nitrogens with zero attached hydrogens (tertiary/aromatic N) is 4. The molecular weight excluding hydrogens is 706 g/mol. The van der Waals surface area contributed by atoms with Gasteiger partial charge in [0.2, 0.25) is 17.6 Å². The number of hydrogen-bond donors (Lipinski definition) is 5. The van der Waals surface area contributed by atoms with Crippen molar-refractivity contribution in [2.45, 2.75) is 75.9 Å². The van der Waals surface area contributed by atoms with Crippen LogP contribution in [-0.2, 0) is 16.0 Å². The smallest absolute Gasteiger partial charge is 0.251 e. The van der Waals surface area contributed by atoms with Gasteiger partial charge in [0.05, 0.1) is 7.11 Å². The molecule has 13 nitrogen and oxygen atoms in total. The molecule has 0 bridgehead atoms. The predicted molar refractivity (Wildman–Crippen MR) is 211 cm³/mol. The molecule has 54 heavy (non-hydrogen) atoms. The molecular formula is C40H52ClN9O4. The molecule has 6 rings (SSSR count). The number of rotatable bonds is 13. The normalized spacial score (nSPS) is 20.3. The van der Waals surface area contributed by atoms with Gasteiger partial charge < -0.3 is 31.3 Å². The molecule has 1 heterocycles. The van der Waals surface area contributed by atoms with Crippen molar-refractivity contribution in [1.29, 1.82) is 0 Å². The average Bonchev–Trinajstić information content (AvgIpc) is 3.73. The molecule has 2 fully saturated rings. The SMILES string of the molecule is COc1cc(C(=O)NC2CCC(N(C)C)CC2)ccc1-c1ccc(C[C@H](NC(=O)[C@H]2CC[C@H](CN)CC2)C(=O)Nc2ccc(-c3nn[nH]n3)cc2)cc1.Cl. The van der Waals surface area contributed by atoms with E-state index in [1.807, 2.05) is 36.4 Å². The Morgan fingerprint density at radius 1 is 0.907 bits per heavy atom. The first-order chi connectivity index (χ1) is 25.7. The van der Waals surface area contributed by atoms with E-state index in [9.17, 15) is 14.4 Å². The lowest BCUT2D eigenvalue weighted by molar-refractivity contribution is -0.130. The third-order valence-electron chi connectivity index (χ3n) is 10.9. The maximum atomic E-state index is 13.7. The summed E-state index contributed by atoms with van der Waals surface area (Å²) in [5.74, 6) is 0.818. The number of tetrazole rings is 1. The van der Waals surface area contributed by atoms with E-state index >= 15 is 0 Å². The molecule has 288 valence electrons. The summed E-state index contributed by atoms with van der Waals surface area (Å²) in [7, 11) is 5.82. The van der Waals surface area contributed by atoms with Crippen LogP contribution in [0.25, 0.3) is 22.5 Å². The Hall–Kier alpha value is -4.85. The number of carbonyl (C=O) groups is 3. The molecule has 6 N–H and O–H groups in total. The van der Waals surface area contributed by atoms with Crippen LogP contribution in [0.3, 0.4) is 0 Å². The quantitative estimate of drug-likeness (QED) is 0.126. The monoisotopic (exact) mass is 757 g/mol. The van der Waals surface area contributed by atoms with Crippen LogP contribution in [0.15, 0.2) is 66.7 Å². The number of anilines is 1. The summed E-state index contributed by atoms with van der Waals surface area (Å²) in [4.78, 5) is 42.7. The minimum Gasteiger partial charge on any atom is -0.496 e. The maximum Gasteiger partial charge on any atom is 0.251 e. The van der Waals surface area contributed by atoms with Crippen LogP contribution in [0, 0.1) is 11.8 Å². The third-order valence-corrected chi connectivity index (χ3v) is 10.9. The Morgan fingerprint density at radius 3 is 2.20 bits per heavy atom. The highest BCUT2D eigenvalue weighted by Gasteiger charge is 2.30. The fourth-order valence-electron chi connectivity index (χ4n) is 7.51. The second kappa shape index (κ2) is 19.0. The van der Waals surface area contributed by atoms with Gasteiger partial charge >= 0.3 is 0 Å². The number of aromatic nitrogens is 4. The van der Waals surface area contributed by atoms with Crippen molar-refractivity contribution < 1.29 is 19.1 Å². The molecule has 0 radical (unpaired) electrons. The summed E-state index contributed by atoms with van der Waals surface area (Å²) < 4.78 is 5.74. The number of H-pyrrole nitrogens is 1. The molecule has 0 unspecified atom stereocenters. The second-order valence-corrected chi connectivity index (χ2v) is 14.6. The second-order valence-electron chi connectivity index (χ2n) is 14.6. The van der Waals surface area contributed by atoms with E-state index in [1.54, 1.807) is 37.4 Å². The number of hydrogen-bond acceptors (Lipinski definition) is 9. The highest BCUT2D eigenvalue weighted by atomic mass is 35.5. The molecule has 3 amide bonds. The van der Waals surface area contributed by atoms with Crippen LogP contribution in [0.4, 0.5) is 5.69 Å². The van der Waals surface area contributed by atoms with Crippen LogP contribution in [0.1, 0.15) is 67.3 Å². The number of methoxy groups -OCH3 is 1. The van der Waals surface area contributed by atoms with Gasteiger partial charge in [-0.05, 0) is 137 Å². The van der Waals surface area contributed by atoms with Gasteiger partial charge in [-0.25, -0.2) is 0 Å². The Labute approximate surface area is 323 Å². The summed E-state index contributed by atoms with van der Waals surface area (Å²) in [5, 5.41) is 23.3. The van der Waals surface area contributed by atoms with Crippen molar-refractivity contribution in [3.8, 4) is 28.3 Å². The minimum absolute atomic E-state index is 0. The minimum atomic E-state index is -0.803. The summed E-state index contributed by atoms with van der Waals surface area (Å²) >= 11 is 0. The number of nitrogens with one attached hydrogen (secondary N) is 4. The molecule has 1 atom stereocenters. The Balaban J connectivity index is 0.00000561. The molecule has 14 heteroatoms. The third kappa shape index (κ3) is 10.2. The molecule has 4 aromatic rings. The summed E-state index contributed by atoms with van der Waals surface area (Å²) in [6.07, 6.45) is 7.70. The van der Waals surface area contributed by atoms with Crippen molar-refractivity contribution >= 4 is 35.8 Å². The lowest BCUT2D eigenvalue weighted by atomic mass is 9.81. The lowest BCUT2D eigenvalue weighted by Crippen LogP contribution is -2.48. The van der Waals surface area contributed by atoms with Crippen molar-refractivity contribution in [3.63, 3.8) is 0 Å².